The molecule has 27 heavy (non-hydrogen) atoms. The first-order valence-corrected chi connectivity index (χ1v) is 9.36. The molecule has 1 aromatic carbocycles. The molecule has 0 unspecified atom stereocenters. The molecule has 2 N–H and O–H groups in total. The summed E-state index contributed by atoms with van der Waals surface area (Å²) in [6, 6.07) is 5.32. The number of nitro groups is 1. The summed E-state index contributed by atoms with van der Waals surface area (Å²) >= 11 is 6.03. The zero-order chi connectivity index (χ0) is 19.2. The summed E-state index contributed by atoms with van der Waals surface area (Å²) in [5.41, 5.74) is 2.81. The molecule has 1 aliphatic rings. The minimum atomic E-state index is -0.468. The third-order valence-electron chi connectivity index (χ3n) is 4.58. The van der Waals surface area contributed by atoms with E-state index in [2.05, 4.69) is 26.7 Å². The molecule has 142 valence electrons. The first-order chi connectivity index (χ1) is 13.0. The summed E-state index contributed by atoms with van der Waals surface area (Å²) in [6.07, 6.45) is 9.13. The van der Waals surface area contributed by atoms with Gasteiger partial charge in [0.1, 0.15) is 6.33 Å². The van der Waals surface area contributed by atoms with Crippen molar-refractivity contribution >= 4 is 34.6 Å². The minimum Gasteiger partial charge on any atom is -0.364 e. The van der Waals surface area contributed by atoms with Crippen molar-refractivity contribution in [3.63, 3.8) is 0 Å². The standard InChI is InChI=1S/C19H22ClN5O2/c1-13-7-8-15(20)11-16(13)24-19-17(25(26)27)18(22-12-23-19)21-10-9-14-5-3-2-4-6-14/h5,7-8,11-12H,2-4,6,9-10H2,1H3,(H2,21,22,23,24). The van der Waals surface area contributed by atoms with Gasteiger partial charge in [0.25, 0.3) is 0 Å². The topological polar surface area (TPSA) is 93.0 Å². The van der Waals surface area contributed by atoms with E-state index >= 15 is 0 Å². The van der Waals surface area contributed by atoms with Crippen LogP contribution >= 0.6 is 11.6 Å². The zero-order valence-electron chi connectivity index (χ0n) is 15.2. The molecule has 0 amide bonds. The van der Waals surface area contributed by atoms with E-state index in [1.807, 2.05) is 13.0 Å². The van der Waals surface area contributed by atoms with Gasteiger partial charge in [-0.3, -0.25) is 10.1 Å². The van der Waals surface area contributed by atoms with Gasteiger partial charge in [-0.2, -0.15) is 0 Å². The van der Waals surface area contributed by atoms with Crippen LogP contribution in [0.3, 0.4) is 0 Å². The quantitative estimate of drug-likeness (QED) is 0.375. The van der Waals surface area contributed by atoms with E-state index in [1.165, 1.54) is 24.7 Å². The van der Waals surface area contributed by atoms with Crippen LogP contribution < -0.4 is 10.6 Å². The second-order valence-electron chi connectivity index (χ2n) is 6.55. The molecule has 0 fully saturated rings. The van der Waals surface area contributed by atoms with Gasteiger partial charge in [-0.1, -0.05) is 29.3 Å². The molecular weight excluding hydrogens is 366 g/mol. The van der Waals surface area contributed by atoms with Gasteiger partial charge < -0.3 is 10.6 Å². The van der Waals surface area contributed by atoms with Gasteiger partial charge in [-0.05, 0) is 56.7 Å². The number of benzene rings is 1. The Labute approximate surface area is 163 Å². The molecule has 8 heteroatoms. The molecule has 0 spiro atoms. The monoisotopic (exact) mass is 387 g/mol. The average Bonchev–Trinajstić information content (AvgIpc) is 2.65. The van der Waals surface area contributed by atoms with E-state index in [0.717, 1.165) is 24.8 Å². The Balaban J connectivity index is 1.78. The maximum atomic E-state index is 11.7. The molecule has 1 aliphatic carbocycles. The van der Waals surface area contributed by atoms with Gasteiger partial charge in [0.15, 0.2) is 0 Å². The summed E-state index contributed by atoms with van der Waals surface area (Å²) in [7, 11) is 0. The van der Waals surface area contributed by atoms with Crippen LogP contribution in [0.2, 0.25) is 5.02 Å². The largest absolute Gasteiger partial charge is 0.364 e. The van der Waals surface area contributed by atoms with Crippen LogP contribution in [-0.4, -0.2) is 21.4 Å². The summed E-state index contributed by atoms with van der Waals surface area (Å²) in [4.78, 5) is 19.3. The van der Waals surface area contributed by atoms with Gasteiger partial charge in [0.2, 0.25) is 11.6 Å². The highest BCUT2D eigenvalue weighted by Gasteiger charge is 2.23. The molecule has 2 aromatic rings. The summed E-state index contributed by atoms with van der Waals surface area (Å²) in [6.45, 7) is 2.49. The van der Waals surface area contributed by atoms with Crippen LogP contribution in [0.5, 0.6) is 0 Å². The van der Waals surface area contributed by atoms with Crippen LogP contribution in [0.1, 0.15) is 37.7 Å². The fraction of sp³-hybridized carbons (Fsp3) is 0.368. The second kappa shape index (κ2) is 8.81. The lowest BCUT2D eigenvalue weighted by Crippen LogP contribution is -2.10. The van der Waals surface area contributed by atoms with E-state index in [1.54, 1.807) is 12.1 Å². The fourth-order valence-electron chi connectivity index (χ4n) is 3.10. The number of aryl methyl sites for hydroxylation is 1. The SMILES string of the molecule is Cc1ccc(Cl)cc1Nc1ncnc(NCCC2=CCCCC2)c1[N+](=O)[O-]. The van der Waals surface area contributed by atoms with Crippen molar-refractivity contribution in [2.75, 3.05) is 17.2 Å². The van der Waals surface area contributed by atoms with Gasteiger partial charge in [0, 0.05) is 17.3 Å². The van der Waals surface area contributed by atoms with Gasteiger partial charge in [0.05, 0.1) is 4.92 Å². The number of anilines is 3. The van der Waals surface area contributed by atoms with Crippen molar-refractivity contribution in [1.29, 1.82) is 0 Å². The highest BCUT2D eigenvalue weighted by molar-refractivity contribution is 6.30. The highest BCUT2D eigenvalue weighted by Crippen LogP contribution is 2.33. The molecule has 1 aromatic heterocycles. The van der Waals surface area contributed by atoms with Gasteiger partial charge in [-0.25, -0.2) is 9.97 Å². The first-order valence-electron chi connectivity index (χ1n) is 8.99. The van der Waals surface area contributed by atoms with Crippen LogP contribution in [-0.2, 0) is 0 Å². The van der Waals surface area contributed by atoms with E-state index < -0.39 is 4.92 Å². The van der Waals surface area contributed by atoms with E-state index in [-0.39, 0.29) is 17.3 Å². The Kier molecular flexibility index (Phi) is 6.24. The number of allylic oxidation sites excluding steroid dienone is 1. The molecule has 0 saturated carbocycles. The van der Waals surface area contributed by atoms with Crippen LogP contribution in [0.25, 0.3) is 0 Å². The number of halogens is 1. The average molecular weight is 388 g/mol. The summed E-state index contributed by atoms with van der Waals surface area (Å²) in [5.74, 6) is 0.355. The predicted octanol–water partition coefficient (Wildman–Crippen LogP) is 5.39. The third kappa shape index (κ3) is 4.95. The number of nitrogens with zero attached hydrogens (tertiary/aromatic N) is 3. The van der Waals surface area contributed by atoms with Crippen LogP contribution in [0.15, 0.2) is 36.2 Å². The van der Waals surface area contributed by atoms with Crippen LogP contribution in [0.4, 0.5) is 23.0 Å². The lowest BCUT2D eigenvalue weighted by Gasteiger charge is -2.14. The molecule has 0 atom stereocenters. The maximum absolute atomic E-state index is 11.7. The van der Waals surface area contributed by atoms with Gasteiger partial charge in [-0.15, -0.1) is 0 Å². The Morgan fingerprint density at radius 3 is 2.81 bits per heavy atom. The number of hydrogen-bond donors (Lipinski definition) is 2. The lowest BCUT2D eigenvalue weighted by molar-refractivity contribution is -0.383. The minimum absolute atomic E-state index is 0.139. The van der Waals surface area contributed by atoms with E-state index in [0.29, 0.717) is 17.3 Å². The zero-order valence-corrected chi connectivity index (χ0v) is 15.9. The smallest absolute Gasteiger partial charge is 0.353 e. The molecule has 0 radical (unpaired) electrons. The van der Waals surface area contributed by atoms with Crippen molar-refractivity contribution < 1.29 is 4.92 Å². The van der Waals surface area contributed by atoms with Crippen molar-refractivity contribution in [2.45, 2.75) is 39.0 Å². The molecular formula is C19H22ClN5O2. The lowest BCUT2D eigenvalue weighted by atomic mass is 9.97. The Morgan fingerprint density at radius 2 is 2.07 bits per heavy atom. The fourth-order valence-corrected chi connectivity index (χ4v) is 3.27. The maximum Gasteiger partial charge on any atom is 0.353 e. The van der Waals surface area contributed by atoms with Crippen molar-refractivity contribution in [1.82, 2.24) is 9.97 Å². The Hall–Kier alpha value is -2.67. The molecule has 0 aliphatic heterocycles. The second-order valence-corrected chi connectivity index (χ2v) is 6.98. The van der Waals surface area contributed by atoms with Gasteiger partial charge >= 0.3 is 5.69 Å². The van der Waals surface area contributed by atoms with Crippen molar-refractivity contribution in [3.05, 3.63) is 56.9 Å². The summed E-state index contributed by atoms with van der Waals surface area (Å²) < 4.78 is 0. The molecule has 0 saturated heterocycles. The predicted molar refractivity (Wildman–Crippen MR) is 108 cm³/mol. The van der Waals surface area contributed by atoms with Crippen molar-refractivity contribution in [2.24, 2.45) is 0 Å². The highest BCUT2D eigenvalue weighted by atomic mass is 35.5. The normalized spacial score (nSPS) is 13.8. The molecule has 1 heterocycles. The van der Waals surface area contributed by atoms with E-state index in [9.17, 15) is 10.1 Å². The Morgan fingerprint density at radius 1 is 1.26 bits per heavy atom. The van der Waals surface area contributed by atoms with Crippen LogP contribution in [0, 0.1) is 17.0 Å². The molecule has 3 rings (SSSR count). The van der Waals surface area contributed by atoms with E-state index in [4.69, 9.17) is 11.6 Å². The molecule has 0 bridgehead atoms. The third-order valence-corrected chi connectivity index (χ3v) is 4.82. The number of nitrogens with one attached hydrogen (secondary N) is 2. The first kappa shape index (κ1) is 19.1. The number of hydrogen-bond acceptors (Lipinski definition) is 6. The number of rotatable bonds is 7. The summed E-state index contributed by atoms with van der Waals surface area (Å²) in [5, 5.41) is 18.3. The number of aromatic nitrogens is 2. The Bertz CT molecular complexity index is 869. The van der Waals surface area contributed by atoms with Crippen molar-refractivity contribution in [3.8, 4) is 0 Å². The molecule has 7 nitrogen and oxygen atoms in total.